The Hall–Kier alpha value is -2.44. The third-order valence-corrected chi connectivity index (χ3v) is 3.13. The largest absolute Gasteiger partial charge is 0.504 e. The number of nitrogens with zero attached hydrogens (tertiary/aromatic N) is 2. The summed E-state index contributed by atoms with van der Waals surface area (Å²) in [4.78, 5) is 7.76. The first-order valence-electron chi connectivity index (χ1n) is 5.96. The first kappa shape index (κ1) is 13.5. The van der Waals surface area contributed by atoms with Crippen LogP contribution in [0.15, 0.2) is 30.3 Å². The first-order chi connectivity index (χ1) is 9.91. The molecule has 108 valence electrons. The Balaban J connectivity index is 2.57. The minimum Gasteiger partial charge on any atom is -0.504 e. The van der Waals surface area contributed by atoms with Gasteiger partial charge in [-0.25, -0.2) is 14.4 Å². The van der Waals surface area contributed by atoms with Crippen molar-refractivity contribution in [2.45, 2.75) is 12.9 Å². The van der Waals surface area contributed by atoms with Crippen LogP contribution in [0, 0.1) is 0 Å². The minimum absolute atomic E-state index is 0.111. The Morgan fingerprint density at radius 2 is 1.86 bits per heavy atom. The number of hydrogen-bond donors (Lipinski definition) is 1. The van der Waals surface area contributed by atoms with Crippen molar-refractivity contribution in [3.63, 3.8) is 0 Å². The van der Waals surface area contributed by atoms with Gasteiger partial charge in [-0.05, 0) is 17.5 Å². The van der Waals surface area contributed by atoms with Crippen molar-refractivity contribution in [2.24, 2.45) is 0 Å². The van der Waals surface area contributed by atoms with E-state index in [1.807, 2.05) is 0 Å². The summed E-state index contributed by atoms with van der Waals surface area (Å²) in [7, 11) is 0. The fraction of sp³-hybridized carbons (Fsp3) is 0.143. The quantitative estimate of drug-likeness (QED) is 0.701. The van der Waals surface area contributed by atoms with E-state index in [9.17, 15) is 22.7 Å². The summed E-state index contributed by atoms with van der Waals surface area (Å²) in [6.45, 7) is -1.00. The van der Waals surface area contributed by atoms with Gasteiger partial charge in [-0.3, -0.25) is 0 Å². The molecule has 21 heavy (non-hydrogen) atoms. The molecule has 0 unspecified atom stereocenters. The summed E-state index contributed by atoms with van der Waals surface area (Å²) in [5, 5.41) is 9.90. The van der Waals surface area contributed by atoms with Gasteiger partial charge in [0.15, 0.2) is 5.82 Å². The zero-order valence-electron chi connectivity index (χ0n) is 10.4. The zero-order valence-corrected chi connectivity index (χ0v) is 10.4. The number of alkyl halides is 4. The van der Waals surface area contributed by atoms with Gasteiger partial charge in [0.25, 0.3) is 0 Å². The SMILES string of the molecule is O/C(=c1/ccc2cccc3nc(CF)nc1c23)C(F)(F)F. The van der Waals surface area contributed by atoms with Gasteiger partial charge in [-0.1, -0.05) is 18.2 Å². The van der Waals surface area contributed by atoms with Gasteiger partial charge in [0.05, 0.1) is 11.0 Å². The van der Waals surface area contributed by atoms with E-state index in [2.05, 4.69) is 9.97 Å². The summed E-state index contributed by atoms with van der Waals surface area (Å²) in [5.41, 5.74) is 0.225. The third-order valence-electron chi connectivity index (χ3n) is 3.13. The third kappa shape index (κ3) is 2.14. The van der Waals surface area contributed by atoms with Gasteiger partial charge < -0.3 is 5.11 Å². The van der Waals surface area contributed by atoms with Crippen LogP contribution in [0.1, 0.15) is 5.82 Å². The molecule has 0 amide bonds. The maximum atomic E-state index is 12.8. The number of halogens is 4. The molecule has 0 radical (unpaired) electrons. The van der Waals surface area contributed by atoms with E-state index >= 15 is 0 Å². The molecular formula is C14H8F4N2O. The molecule has 0 bridgehead atoms. The molecule has 3 aromatic rings. The zero-order chi connectivity index (χ0) is 15.2. The highest BCUT2D eigenvalue weighted by atomic mass is 19.4. The average Bonchev–Trinajstić information content (AvgIpc) is 2.46. The summed E-state index contributed by atoms with van der Waals surface area (Å²) in [6, 6.07) is 7.46. The fourth-order valence-electron chi connectivity index (χ4n) is 2.25. The van der Waals surface area contributed by atoms with E-state index in [1.165, 1.54) is 6.07 Å². The Kier molecular flexibility index (Phi) is 2.93. The molecule has 0 aliphatic rings. The van der Waals surface area contributed by atoms with Crippen molar-refractivity contribution in [3.05, 3.63) is 41.4 Å². The van der Waals surface area contributed by atoms with Crippen LogP contribution in [0.2, 0.25) is 0 Å². The number of aromatic nitrogens is 2. The molecule has 0 fully saturated rings. The number of aliphatic hydroxyl groups excluding tert-OH is 1. The maximum absolute atomic E-state index is 12.8. The van der Waals surface area contributed by atoms with Crippen LogP contribution in [-0.4, -0.2) is 21.3 Å². The second-order valence-electron chi connectivity index (χ2n) is 4.46. The van der Waals surface area contributed by atoms with Gasteiger partial charge in [-0.15, -0.1) is 0 Å². The molecule has 0 aliphatic heterocycles. The number of aliphatic hydroxyl groups is 1. The fourth-order valence-corrected chi connectivity index (χ4v) is 2.25. The van der Waals surface area contributed by atoms with Gasteiger partial charge >= 0.3 is 6.18 Å². The van der Waals surface area contributed by atoms with E-state index in [0.717, 1.165) is 6.07 Å². The van der Waals surface area contributed by atoms with Crippen molar-refractivity contribution >= 4 is 27.6 Å². The van der Waals surface area contributed by atoms with Crippen molar-refractivity contribution in [3.8, 4) is 0 Å². The molecule has 3 nitrogen and oxygen atoms in total. The molecule has 0 atom stereocenters. The highest BCUT2D eigenvalue weighted by Gasteiger charge is 2.35. The van der Waals surface area contributed by atoms with Crippen LogP contribution in [0.5, 0.6) is 0 Å². The molecule has 0 aliphatic carbocycles. The Bertz CT molecular complexity index is 889. The highest BCUT2D eigenvalue weighted by Crippen LogP contribution is 2.26. The average molecular weight is 296 g/mol. The van der Waals surface area contributed by atoms with Gasteiger partial charge in [0.2, 0.25) is 5.76 Å². The van der Waals surface area contributed by atoms with Crippen LogP contribution < -0.4 is 5.22 Å². The van der Waals surface area contributed by atoms with Crippen LogP contribution in [0.4, 0.5) is 17.6 Å². The molecule has 7 heteroatoms. The maximum Gasteiger partial charge on any atom is 0.449 e. The lowest BCUT2D eigenvalue weighted by Crippen LogP contribution is -2.21. The summed E-state index contributed by atoms with van der Waals surface area (Å²) >= 11 is 0. The second-order valence-corrected chi connectivity index (χ2v) is 4.46. The topological polar surface area (TPSA) is 46.0 Å². The molecular weight excluding hydrogens is 288 g/mol. The Morgan fingerprint density at radius 3 is 2.52 bits per heavy atom. The molecule has 3 rings (SSSR count). The van der Waals surface area contributed by atoms with Crippen LogP contribution in [0.25, 0.3) is 27.6 Å². The lowest BCUT2D eigenvalue weighted by molar-refractivity contribution is -0.0896. The van der Waals surface area contributed by atoms with E-state index in [1.54, 1.807) is 18.2 Å². The molecule has 2 aromatic carbocycles. The molecule has 0 saturated carbocycles. The smallest absolute Gasteiger partial charge is 0.449 e. The Morgan fingerprint density at radius 1 is 1.10 bits per heavy atom. The summed E-state index contributed by atoms with van der Waals surface area (Å²) in [6.07, 6.45) is -4.90. The predicted octanol–water partition coefficient (Wildman–Crippen LogP) is 3.20. The minimum atomic E-state index is -4.90. The van der Waals surface area contributed by atoms with Crippen molar-refractivity contribution in [1.29, 1.82) is 0 Å². The Labute approximate surface area is 115 Å². The van der Waals surface area contributed by atoms with Crippen LogP contribution >= 0.6 is 0 Å². The predicted molar refractivity (Wildman–Crippen MR) is 69.2 cm³/mol. The standard InChI is InChI=1S/C14H8F4N2O/c15-6-10-19-9-3-1-2-7-4-5-8(12(20-10)11(7)9)13(21)14(16,17)18/h1-5,21H,6H2/b13-8-. The highest BCUT2D eigenvalue weighted by molar-refractivity contribution is 6.07. The van der Waals surface area contributed by atoms with Gasteiger partial charge in [0, 0.05) is 10.6 Å². The van der Waals surface area contributed by atoms with Crippen LogP contribution in [-0.2, 0) is 6.67 Å². The lowest BCUT2D eigenvalue weighted by atomic mass is 10.1. The first-order valence-corrected chi connectivity index (χ1v) is 5.96. The van der Waals surface area contributed by atoms with E-state index < -0.39 is 23.8 Å². The molecule has 1 aromatic heterocycles. The second kappa shape index (κ2) is 4.54. The summed E-state index contributed by atoms with van der Waals surface area (Å²) in [5.74, 6) is -1.98. The van der Waals surface area contributed by atoms with Gasteiger partial charge in [-0.2, -0.15) is 13.2 Å². The van der Waals surface area contributed by atoms with E-state index in [-0.39, 0.29) is 11.3 Å². The van der Waals surface area contributed by atoms with E-state index in [0.29, 0.717) is 16.3 Å². The number of hydrogen-bond acceptors (Lipinski definition) is 3. The van der Waals surface area contributed by atoms with Crippen molar-refractivity contribution in [1.82, 2.24) is 9.97 Å². The normalized spacial score (nSPS) is 13.9. The summed E-state index contributed by atoms with van der Waals surface area (Å²) < 4.78 is 51.0. The van der Waals surface area contributed by atoms with Crippen molar-refractivity contribution < 1.29 is 22.7 Å². The van der Waals surface area contributed by atoms with Gasteiger partial charge in [0.1, 0.15) is 6.67 Å². The van der Waals surface area contributed by atoms with Crippen molar-refractivity contribution in [2.75, 3.05) is 0 Å². The molecule has 0 saturated heterocycles. The molecule has 1 heterocycles. The molecule has 1 N–H and O–H groups in total. The monoisotopic (exact) mass is 296 g/mol. The van der Waals surface area contributed by atoms with E-state index in [4.69, 9.17) is 0 Å². The number of rotatable bonds is 1. The molecule has 0 spiro atoms. The number of benzene rings is 2. The van der Waals surface area contributed by atoms with Crippen LogP contribution in [0.3, 0.4) is 0 Å². The lowest BCUT2D eigenvalue weighted by Gasteiger charge is -2.09.